The minimum atomic E-state index is -5.78. The van der Waals surface area contributed by atoms with Crippen LogP contribution in [-0.4, -0.2) is 24.4 Å². The third-order valence-electron chi connectivity index (χ3n) is 2.50. The number of carbonyl (C=O) groups is 1. The predicted molar refractivity (Wildman–Crippen MR) is 63.8 cm³/mol. The second-order valence-corrected chi connectivity index (χ2v) is 5.42. The molecule has 0 radical (unpaired) electrons. The highest BCUT2D eigenvalue weighted by molar-refractivity contribution is 7.88. The van der Waals surface area contributed by atoms with E-state index in [0.29, 0.717) is 0 Å². The van der Waals surface area contributed by atoms with Crippen molar-refractivity contribution in [1.82, 2.24) is 4.57 Å². The summed E-state index contributed by atoms with van der Waals surface area (Å²) in [5.41, 5.74) is -5.28. The first-order valence-corrected chi connectivity index (χ1v) is 6.66. The highest BCUT2D eigenvalue weighted by atomic mass is 32.2. The van der Waals surface area contributed by atoms with Crippen molar-refractivity contribution in [2.24, 2.45) is 0 Å². The van der Waals surface area contributed by atoms with Gasteiger partial charge in [-0.25, -0.2) is 0 Å². The van der Waals surface area contributed by atoms with Crippen molar-refractivity contribution in [2.75, 3.05) is 0 Å². The summed E-state index contributed by atoms with van der Waals surface area (Å²) in [5, 5.41) is 0.0931. The van der Waals surface area contributed by atoms with E-state index < -0.39 is 27.3 Å². The van der Waals surface area contributed by atoms with Crippen LogP contribution in [0.3, 0.4) is 0 Å². The van der Waals surface area contributed by atoms with E-state index in [2.05, 4.69) is 4.18 Å². The number of para-hydroxylation sites is 1. The van der Waals surface area contributed by atoms with Crippen molar-refractivity contribution in [2.45, 2.75) is 12.4 Å². The van der Waals surface area contributed by atoms with Crippen LogP contribution >= 0.6 is 0 Å². The van der Waals surface area contributed by atoms with Crippen LogP contribution in [0.4, 0.5) is 13.2 Å². The first-order valence-electron chi connectivity index (χ1n) is 5.25. The molecule has 0 unspecified atom stereocenters. The van der Waals surface area contributed by atoms with E-state index in [0.717, 1.165) is 10.8 Å². The largest absolute Gasteiger partial charge is 0.534 e. The Bertz CT molecular complexity index is 777. The molecule has 108 valence electrons. The highest BCUT2D eigenvalue weighted by Gasteiger charge is 2.48. The molecule has 1 heterocycles. The van der Waals surface area contributed by atoms with Crippen LogP contribution in [0.15, 0.2) is 30.5 Å². The number of halogens is 3. The van der Waals surface area contributed by atoms with Gasteiger partial charge in [-0.2, -0.15) is 21.6 Å². The van der Waals surface area contributed by atoms with Crippen molar-refractivity contribution in [3.63, 3.8) is 0 Å². The van der Waals surface area contributed by atoms with Crippen LogP contribution in [-0.2, 0) is 10.1 Å². The molecule has 2 aromatic rings. The molecule has 0 aliphatic heterocycles. The first-order chi connectivity index (χ1) is 9.13. The summed E-state index contributed by atoms with van der Waals surface area (Å²) in [7, 11) is -5.78. The molecular weight excluding hydrogens is 299 g/mol. The van der Waals surface area contributed by atoms with Gasteiger partial charge in [0.25, 0.3) is 0 Å². The third kappa shape index (κ3) is 2.36. The molecule has 20 heavy (non-hydrogen) atoms. The Kier molecular flexibility index (Phi) is 3.24. The number of benzene rings is 1. The van der Waals surface area contributed by atoms with Gasteiger partial charge in [-0.1, -0.05) is 12.1 Å². The molecular formula is C11H8F3NO4S. The van der Waals surface area contributed by atoms with Gasteiger partial charge in [-0.3, -0.25) is 9.36 Å². The summed E-state index contributed by atoms with van der Waals surface area (Å²) in [4.78, 5) is 11.4. The van der Waals surface area contributed by atoms with Gasteiger partial charge in [0, 0.05) is 12.3 Å². The third-order valence-corrected chi connectivity index (χ3v) is 3.46. The number of nitrogens with zero attached hydrogens (tertiary/aromatic N) is 1. The van der Waals surface area contributed by atoms with Gasteiger partial charge < -0.3 is 4.18 Å². The Morgan fingerprint density at radius 3 is 2.40 bits per heavy atom. The van der Waals surface area contributed by atoms with Crippen molar-refractivity contribution in [1.29, 1.82) is 0 Å². The van der Waals surface area contributed by atoms with Gasteiger partial charge in [-0.05, 0) is 12.1 Å². The van der Waals surface area contributed by atoms with Crippen LogP contribution in [0.2, 0.25) is 0 Å². The topological polar surface area (TPSA) is 65.4 Å². The zero-order chi connectivity index (χ0) is 15.1. The Morgan fingerprint density at radius 2 is 1.85 bits per heavy atom. The number of hydrogen-bond acceptors (Lipinski definition) is 4. The van der Waals surface area contributed by atoms with E-state index in [-0.39, 0.29) is 10.9 Å². The van der Waals surface area contributed by atoms with Gasteiger partial charge >= 0.3 is 15.6 Å². The molecule has 1 aromatic carbocycles. The molecule has 0 saturated heterocycles. The van der Waals surface area contributed by atoms with E-state index in [1.54, 1.807) is 6.07 Å². The number of fused-ring (bicyclic) bond motifs is 1. The molecule has 0 bridgehead atoms. The summed E-state index contributed by atoms with van der Waals surface area (Å²) in [6, 6.07) is 5.86. The molecule has 9 heteroatoms. The first kappa shape index (κ1) is 14.4. The molecule has 0 atom stereocenters. The molecule has 1 aromatic heterocycles. The van der Waals surface area contributed by atoms with Gasteiger partial charge in [0.15, 0.2) is 5.75 Å². The zero-order valence-corrected chi connectivity index (χ0v) is 10.8. The van der Waals surface area contributed by atoms with Gasteiger partial charge in [0.05, 0.1) is 11.7 Å². The van der Waals surface area contributed by atoms with E-state index in [4.69, 9.17) is 0 Å². The standard InChI is InChI=1S/C11H8F3NO4S/c1-7(16)15-6-10(8-4-2-3-5-9(8)15)19-20(17,18)11(12,13)14/h2-6H,1H3. The smallest absolute Gasteiger partial charge is 0.374 e. The lowest BCUT2D eigenvalue weighted by atomic mass is 10.2. The summed E-state index contributed by atoms with van der Waals surface area (Å²) in [6.07, 6.45) is 0.913. The van der Waals surface area contributed by atoms with Crippen molar-refractivity contribution >= 4 is 26.9 Å². The average Bonchev–Trinajstić information content (AvgIpc) is 2.67. The Morgan fingerprint density at radius 1 is 1.25 bits per heavy atom. The normalized spacial score (nSPS) is 12.6. The lowest BCUT2D eigenvalue weighted by molar-refractivity contribution is -0.0499. The van der Waals surface area contributed by atoms with Gasteiger partial charge in [0.2, 0.25) is 5.91 Å². The Hall–Kier alpha value is -2.03. The number of rotatable bonds is 2. The van der Waals surface area contributed by atoms with E-state index in [1.165, 1.54) is 25.1 Å². The van der Waals surface area contributed by atoms with Crippen molar-refractivity contribution in [3.8, 4) is 5.75 Å². The van der Waals surface area contributed by atoms with E-state index in [1.807, 2.05) is 0 Å². The average molecular weight is 307 g/mol. The molecule has 5 nitrogen and oxygen atoms in total. The number of carbonyl (C=O) groups excluding carboxylic acids is 1. The number of aromatic nitrogens is 1. The number of hydrogen-bond donors (Lipinski definition) is 0. The second kappa shape index (κ2) is 4.51. The van der Waals surface area contributed by atoms with Crippen LogP contribution in [0.1, 0.15) is 11.7 Å². The molecule has 2 rings (SSSR count). The summed E-state index contributed by atoms with van der Waals surface area (Å²) in [5.74, 6) is -1.03. The minimum Gasteiger partial charge on any atom is -0.374 e. The molecule has 0 fully saturated rings. The monoisotopic (exact) mass is 307 g/mol. The van der Waals surface area contributed by atoms with E-state index >= 15 is 0 Å². The summed E-state index contributed by atoms with van der Waals surface area (Å²) < 4.78 is 64.0. The van der Waals surface area contributed by atoms with Crippen LogP contribution in [0.5, 0.6) is 5.75 Å². The minimum absolute atomic E-state index is 0.0931. The molecule has 0 aliphatic carbocycles. The predicted octanol–water partition coefficient (Wildman–Crippen LogP) is 2.53. The van der Waals surface area contributed by atoms with Gasteiger partial charge in [-0.15, -0.1) is 0 Å². The van der Waals surface area contributed by atoms with Crippen LogP contribution in [0, 0.1) is 0 Å². The Labute approximate surface area is 111 Å². The van der Waals surface area contributed by atoms with Gasteiger partial charge in [0.1, 0.15) is 0 Å². The van der Waals surface area contributed by atoms with Crippen LogP contribution < -0.4 is 4.18 Å². The maximum atomic E-state index is 12.3. The molecule has 0 amide bonds. The maximum absolute atomic E-state index is 12.3. The zero-order valence-electron chi connectivity index (χ0n) is 10.0. The van der Waals surface area contributed by atoms with E-state index in [9.17, 15) is 26.4 Å². The quantitative estimate of drug-likeness (QED) is 0.631. The Balaban J connectivity index is 2.60. The van der Waals surface area contributed by atoms with Crippen molar-refractivity contribution in [3.05, 3.63) is 30.5 Å². The lowest BCUT2D eigenvalue weighted by Gasteiger charge is -2.08. The molecule has 0 spiro atoms. The summed E-state index contributed by atoms with van der Waals surface area (Å²) in [6.45, 7) is 1.19. The second-order valence-electron chi connectivity index (χ2n) is 3.88. The lowest BCUT2D eigenvalue weighted by Crippen LogP contribution is -2.28. The SMILES string of the molecule is CC(=O)n1cc(OS(=O)(=O)C(F)(F)F)c2ccccc21. The molecule has 0 saturated carbocycles. The highest BCUT2D eigenvalue weighted by Crippen LogP contribution is 2.33. The summed E-state index contributed by atoms with van der Waals surface area (Å²) >= 11 is 0. The molecule has 0 aliphatic rings. The van der Waals surface area contributed by atoms with Crippen molar-refractivity contribution < 1.29 is 30.6 Å². The fourth-order valence-electron chi connectivity index (χ4n) is 1.64. The van der Waals surface area contributed by atoms with Crippen LogP contribution in [0.25, 0.3) is 10.9 Å². The maximum Gasteiger partial charge on any atom is 0.534 e. The fourth-order valence-corrected chi connectivity index (χ4v) is 2.10. The fraction of sp³-hybridized carbons (Fsp3) is 0.182. The number of alkyl halides is 3. The molecule has 0 N–H and O–H groups in total.